The van der Waals surface area contributed by atoms with E-state index in [1.54, 1.807) is 0 Å². The van der Waals surface area contributed by atoms with Gasteiger partial charge in [0.15, 0.2) is 5.84 Å². The van der Waals surface area contributed by atoms with Crippen LogP contribution in [0.4, 0.5) is 4.79 Å². The Kier molecular flexibility index (Phi) is 4.81. The van der Waals surface area contributed by atoms with Gasteiger partial charge in [0.2, 0.25) is 0 Å². The molecule has 0 saturated heterocycles. The Balaban J connectivity index is 2.02. The van der Waals surface area contributed by atoms with E-state index in [1.807, 2.05) is 30.3 Å². The zero-order valence-electron chi connectivity index (χ0n) is 11.2. The molecular formula is C14H20N4O2. The Morgan fingerprint density at radius 3 is 2.55 bits per heavy atom. The maximum atomic E-state index is 12.0. The van der Waals surface area contributed by atoms with E-state index in [0.29, 0.717) is 0 Å². The summed E-state index contributed by atoms with van der Waals surface area (Å²) in [6, 6.07) is 8.47. The molecular weight excluding hydrogens is 256 g/mol. The monoisotopic (exact) mass is 276 g/mol. The highest BCUT2D eigenvalue weighted by Crippen LogP contribution is 2.18. The van der Waals surface area contributed by atoms with Crippen LogP contribution in [0.3, 0.4) is 0 Å². The predicted octanol–water partition coefficient (Wildman–Crippen LogP) is 1.72. The van der Waals surface area contributed by atoms with Crippen LogP contribution < -0.4 is 16.4 Å². The molecule has 1 fully saturated rings. The lowest BCUT2D eigenvalue weighted by molar-refractivity contribution is 0.235. The van der Waals surface area contributed by atoms with Crippen molar-refractivity contribution in [1.29, 1.82) is 0 Å². The number of benzene rings is 1. The van der Waals surface area contributed by atoms with Crippen LogP contribution in [-0.4, -0.2) is 23.1 Å². The summed E-state index contributed by atoms with van der Waals surface area (Å²) >= 11 is 0. The molecule has 5 N–H and O–H groups in total. The highest BCUT2D eigenvalue weighted by atomic mass is 16.4. The third-order valence-corrected chi connectivity index (χ3v) is 3.51. The number of nitrogens with one attached hydrogen (secondary N) is 2. The minimum atomic E-state index is -0.636. The molecule has 1 aromatic carbocycles. The van der Waals surface area contributed by atoms with Crippen molar-refractivity contribution in [1.82, 2.24) is 10.6 Å². The molecule has 20 heavy (non-hydrogen) atoms. The Morgan fingerprint density at radius 1 is 1.30 bits per heavy atom. The summed E-state index contributed by atoms with van der Waals surface area (Å²) < 4.78 is 0. The number of nitrogens with zero attached hydrogens (tertiary/aromatic N) is 1. The second-order valence-electron chi connectivity index (χ2n) is 4.97. The molecule has 1 unspecified atom stereocenters. The molecule has 0 radical (unpaired) electrons. The zero-order chi connectivity index (χ0) is 14.4. The fourth-order valence-electron chi connectivity index (χ4n) is 2.46. The molecule has 1 saturated carbocycles. The van der Waals surface area contributed by atoms with Crippen molar-refractivity contribution >= 4 is 11.9 Å². The average Bonchev–Trinajstić information content (AvgIpc) is 2.97. The maximum absolute atomic E-state index is 12.0. The SMILES string of the molecule is N/C(=N/O)C(NC(=O)NC1CCCC1)c1ccccc1. The van der Waals surface area contributed by atoms with E-state index in [1.165, 1.54) is 0 Å². The van der Waals surface area contributed by atoms with Crippen molar-refractivity contribution in [3.8, 4) is 0 Å². The Labute approximate surface area is 118 Å². The van der Waals surface area contributed by atoms with Gasteiger partial charge in [-0.05, 0) is 18.4 Å². The smallest absolute Gasteiger partial charge is 0.315 e. The quantitative estimate of drug-likeness (QED) is 0.291. The number of nitrogens with two attached hydrogens (primary N) is 1. The number of amides is 2. The third kappa shape index (κ3) is 3.63. The second kappa shape index (κ2) is 6.79. The zero-order valence-corrected chi connectivity index (χ0v) is 11.2. The summed E-state index contributed by atoms with van der Waals surface area (Å²) in [6.07, 6.45) is 4.31. The van der Waals surface area contributed by atoms with Crippen molar-refractivity contribution in [3.63, 3.8) is 0 Å². The molecule has 108 valence electrons. The number of rotatable bonds is 4. The van der Waals surface area contributed by atoms with E-state index >= 15 is 0 Å². The highest BCUT2D eigenvalue weighted by Gasteiger charge is 2.22. The van der Waals surface area contributed by atoms with Crippen molar-refractivity contribution in [2.24, 2.45) is 10.9 Å². The summed E-state index contributed by atoms with van der Waals surface area (Å²) in [5, 5.41) is 17.5. The van der Waals surface area contributed by atoms with Crippen molar-refractivity contribution in [3.05, 3.63) is 35.9 Å². The topological polar surface area (TPSA) is 99.7 Å². The normalized spacial score (nSPS) is 17.7. The first-order valence-corrected chi connectivity index (χ1v) is 6.80. The molecule has 0 bridgehead atoms. The Morgan fingerprint density at radius 2 is 1.95 bits per heavy atom. The van der Waals surface area contributed by atoms with Crippen LogP contribution in [0.5, 0.6) is 0 Å². The lowest BCUT2D eigenvalue weighted by Crippen LogP contribution is -2.46. The summed E-state index contributed by atoms with van der Waals surface area (Å²) in [4.78, 5) is 12.0. The molecule has 0 aromatic heterocycles. The molecule has 2 rings (SSSR count). The second-order valence-corrected chi connectivity index (χ2v) is 4.97. The van der Waals surface area contributed by atoms with E-state index in [4.69, 9.17) is 10.9 Å². The summed E-state index contributed by atoms with van der Waals surface area (Å²) in [5.41, 5.74) is 6.43. The van der Waals surface area contributed by atoms with Gasteiger partial charge in [-0.15, -0.1) is 0 Å². The Bertz CT molecular complexity index is 469. The molecule has 1 atom stereocenters. The number of hydrogen-bond acceptors (Lipinski definition) is 3. The molecule has 0 heterocycles. The van der Waals surface area contributed by atoms with Gasteiger partial charge in [0, 0.05) is 6.04 Å². The van der Waals surface area contributed by atoms with Crippen molar-refractivity contribution < 1.29 is 10.0 Å². The summed E-state index contributed by atoms with van der Waals surface area (Å²) in [5.74, 6) is -0.0437. The van der Waals surface area contributed by atoms with Gasteiger partial charge in [0.25, 0.3) is 0 Å². The molecule has 6 nitrogen and oxygen atoms in total. The van der Waals surface area contributed by atoms with Gasteiger partial charge in [-0.25, -0.2) is 4.79 Å². The van der Waals surface area contributed by atoms with Crippen molar-refractivity contribution in [2.45, 2.75) is 37.8 Å². The molecule has 1 aliphatic carbocycles. The van der Waals surface area contributed by atoms with E-state index in [9.17, 15) is 4.79 Å². The van der Waals surface area contributed by atoms with Crippen molar-refractivity contribution in [2.75, 3.05) is 0 Å². The molecule has 1 aromatic rings. The molecule has 0 aliphatic heterocycles. The number of carbonyl (C=O) groups is 1. The molecule has 0 spiro atoms. The predicted molar refractivity (Wildman–Crippen MR) is 76.5 cm³/mol. The maximum Gasteiger partial charge on any atom is 0.315 e. The lowest BCUT2D eigenvalue weighted by atomic mass is 10.1. The first-order chi connectivity index (χ1) is 9.70. The average molecular weight is 276 g/mol. The van der Waals surface area contributed by atoms with E-state index in [0.717, 1.165) is 31.2 Å². The van der Waals surface area contributed by atoms with Crippen LogP contribution in [-0.2, 0) is 0 Å². The van der Waals surface area contributed by atoms with Gasteiger partial charge in [0.05, 0.1) is 0 Å². The minimum absolute atomic E-state index is 0.0437. The number of hydrogen-bond donors (Lipinski definition) is 4. The molecule has 6 heteroatoms. The fraction of sp³-hybridized carbons (Fsp3) is 0.429. The number of oxime groups is 1. The number of carbonyl (C=O) groups excluding carboxylic acids is 1. The number of urea groups is 1. The van der Waals surface area contributed by atoms with Gasteiger partial charge >= 0.3 is 6.03 Å². The van der Waals surface area contributed by atoms with E-state index < -0.39 is 6.04 Å². The summed E-state index contributed by atoms with van der Waals surface area (Å²) in [7, 11) is 0. The van der Waals surface area contributed by atoms with Crippen LogP contribution in [0.1, 0.15) is 37.3 Å². The van der Waals surface area contributed by atoms with Gasteiger partial charge in [-0.2, -0.15) is 0 Å². The van der Waals surface area contributed by atoms with Gasteiger partial charge in [0.1, 0.15) is 6.04 Å². The van der Waals surface area contributed by atoms with Gasteiger partial charge < -0.3 is 21.6 Å². The van der Waals surface area contributed by atoms with Crippen LogP contribution in [0.2, 0.25) is 0 Å². The third-order valence-electron chi connectivity index (χ3n) is 3.51. The summed E-state index contributed by atoms with van der Waals surface area (Å²) in [6.45, 7) is 0. The largest absolute Gasteiger partial charge is 0.409 e. The first-order valence-electron chi connectivity index (χ1n) is 6.80. The lowest BCUT2D eigenvalue weighted by Gasteiger charge is -2.20. The highest BCUT2D eigenvalue weighted by molar-refractivity contribution is 5.90. The van der Waals surface area contributed by atoms with E-state index in [2.05, 4.69) is 15.8 Å². The van der Waals surface area contributed by atoms with Crippen LogP contribution in [0.15, 0.2) is 35.5 Å². The van der Waals surface area contributed by atoms with E-state index in [-0.39, 0.29) is 17.9 Å². The molecule has 2 amide bonds. The van der Waals surface area contributed by atoms with Crippen LogP contribution in [0.25, 0.3) is 0 Å². The van der Waals surface area contributed by atoms with Crippen LogP contribution in [0, 0.1) is 0 Å². The standard InChI is InChI=1S/C14H20N4O2/c15-13(18-20)12(10-6-2-1-3-7-10)17-14(19)16-11-8-4-5-9-11/h1-3,6-7,11-12,20H,4-5,8-9H2,(H2,15,18)(H2,16,17,19). The first kappa shape index (κ1) is 14.2. The fourth-order valence-corrected chi connectivity index (χ4v) is 2.46. The van der Waals surface area contributed by atoms with Gasteiger partial charge in [-0.3, -0.25) is 0 Å². The number of amidine groups is 1. The molecule has 1 aliphatic rings. The minimum Gasteiger partial charge on any atom is -0.409 e. The Hall–Kier alpha value is -2.24. The van der Waals surface area contributed by atoms with Gasteiger partial charge in [-0.1, -0.05) is 48.3 Å². The van der Waals surface area contributed by atoms with Crippen LogP contribution >= 0.6 is 0 Å².